The van der Waals surface area contributed by atoms with Gasteiger partial charge in [0.2, 0.25) is 10.0 Å². The standard InChI is InChI=1S/C14H21N5O3S/c1-10(2)19-9-17-13-12(19)3-4-16-14(13)18-5-6-22-11(7-18)8-23(15,20)21/h3-4,9-11H,5-8H2,1-2H3,(H2,15,20,21)/t11-/m1/s1. The average molecular weight is 339 g/mol. The summed E-state index contributed by atoms with van der Waals surface area (Å²) in [7, 11) is -3.57. The Morgan fingerprint density at radius 2 is 2.22 bits per heavy atom. The number of pyridine rings is 1. The molecular weight excluding hydrogens is 318 g/mol. The number of nitrogens with two attached hydrogens (primary N) is 1. The van der Waals surface area contributed by atoms with Crippen LogP contribution in [0.25, 0.3) is 11.0 Å². The number of aromatic nitrogens is 3. The van der Waals surface area contributed by atoms with Crippen LogP contribution in [-0.4, -0.2) is 54.5 Å². The quantitative estimate of drug-likeness (QED) is 0.870. The van der Waals surface area contributed by atoms with E-state index in [-0.39, 0.29) is 5.75 Å². The molecule has 8 nitrogen and oxygen atoms in total. The van der Waals surface area contributed by atoms with Gasteiger partial charge in [-0.2, -0.15) is 0 Å². The summed E-state index contributed by atoms with van der Waals surface area (Å²) in [6.07, 6.45) is 3.11. The zero-order chi connectivity index (χ0) is 16.6. The highest BCUT2D eigenvalue weighted by Gasteiger charge is 2.26. The Labute approximate surface area is 135 Å². The lowest BCUT2D eigenvalue weighted by Gasteiger charge is -2.33. The highest BCUT2D eigenvalue weighted by Crippen LogP contribution is 2.26. The van der Waals surface area contributed by atoms with Crippen molar-refractivity contribution in [1.29, 1.82) is 0 Å². The molecule has 2 aromatic heterocycles. The molecule has 0 bridgehead atoms. The lowest BCUT2D eigenvalue weighted by Crippen LogP contribution is -2.46. The summed E-state index contributed by atoms with van der Waals surface area (Å²) in [5, 5.41) is 5.12. The Balaban J connectivity index is 1.91. The third-order valence-electron chi connectivity index (χ3n) is 3.89. The molecule has 0 radical (unpaired) electrons. The molecular formula is C14H21N5O3S. The van der Waals surface area contributed by atoms with E-state index in [0.29, 0.717) is 25.7 Å². The number of anilines is 1. The summed E-state index contributed by atoms with van der Waals surface area (Å²) in [5.74, 6) is 0.560. The van der Waals surface area contributed by atoms with Gasteiger partial charge in [-0.3, -0.25) is 0 Å². The second kappa shape index (κ2) is 6.06. The predicted molar refractivity (Wildman–Crippen MR) is 87.8 cm³/mol. The minimum Gasteiger partial charge on any atom is -0.373 e. The number of ether oxygens (including phenoxy) is 1. The van der Waals surface area contributed by atoms with Crippen molar-refractivity contribution in [3.8, 4) is 0 Å². The number of hydrogen-bond donors (Lipinski definition) is 1. The molecule has 1 atom stereocenters. The molecule has 2 N–H and O–H groups in total. The van der Waals surface area contributed by atoms with Crippen LogP contribution in [0, 0.1) is 0 Å². The molecule has 1 fully saturated rings. The monoisotopic (exact) mass is 339 g/mol. The molecule has 2 aromatic rings. The fraction of sp³-hybridized carbons (Fsp3) is 0.571. The maximum absolute atomic E-state index is 11.3. The van der Waals surface area contributed by atoms with Crippen LogP contribution in [0.4, 0.5) is 5.82 Å². The van der Waals surface area contributed by atoms with Crippen molar-refractivity contribution >= 4 is 26.9 Å². The molecule has 0 spiro atoms. The Morgan fingerprint density at radius 3 is 2.91 bits per heavy atom. The van der Waals surface area contributed by atoms with E-state index in [2.05, 4.69) is 28.4 Å². The van der Waals surface area contributed by atoms with E-state index in [9.17, 15) is 8.42 Å². The number of hydrogen-bond acceptors (Lipinski definition) is 6. The largest absolute Gasteiger partial charge is 0.373 e. The minimum absolute atomic E-state index is 0.195. The molecule has 3 heterocycles. The maximum Gasteiger partial charge on any atom is 0.211 e. The van der Waals surface area contributed by atoms with Crippen LogP contribution in [0.1, 0.15) is 19.9 Å². The molecule has 0 unspecified atom stereocenters. The van der Waals surface area contributed by atoms with Gasteiger partial charge in [0.05, 0.1) is 30.3 Å². The van der Waals surface area contributed by atoms with Crippen LogP contribution >= 0.6 is 0 Å². The Bertz CT molecular complexity index is 802. The summed E-state index contributed by atoms with van der Waals surface area (Å²) >= 11 is 0. The summed E-state index contributed by atoms with van der Waals surface area (Å²) in [6.45, 7) is 5.69. The van der Waals surface area contributed by atoms with Gasteiger partial charge in [-0.15, -0.1) is 0 Å². The Morgan fingerprint density at radius 1 is 1.43 bits per heavy atom. The Kier molecular flexibility index (Phi) is 4.26. The van der Waals surface area contributed by atoms with Crippen molar-refractivity contribution in [3.63, 3.8) is 0 Å². The fourth-order valence-corrected chi connectivity index (χ4v) is 3.58. The van der Waals surface area contributed by atoms with Crippen molar-refractivity contribution in [2.24, 2.45) is 5.14 Å². The first-order chi connectivity index (χ1) is 10.8. The van der Waals surface area contributed by atoms with Crippen molar-refractivity contribution < 1.29 is 13.2 Å². The van der Waals surface area contributed by atoms with Crippen molar-refractivity contribution in [3.05, 3.63) is 18.6 Å². The number of fused-ring (bicyclic) bond motifs is 1. The molecule has 9 heteroatoms. The smallest absolute Gasteiger partial charge is 0.211 e. The number of sulfonamides is 1. The Hall–Kier alpha value is -1.71. The normalized spacial score (nSPS) is 19.7. The van der Waals surface area contributed by atoms with Gasteiger partial charge in [0.25, 0.3) is 0 Å². The van der Waals surface area contributed by atoms with Gasteiger partial charge in [0, 0.05) is 25.3 Å². The van der Waals surface area contributed by atoms with Crippen molar-refractivity contribution in [2.75, 3.05) is 30.3 Å². The van der Waals surface area contributed by atoms with Gasteiger partial charge in [-0.05, 0) is 19.9 Å². The molecule has 23 heavy (non-hydrogen) atoms. The molecule has 1 aliphatic rings. The van der Waals surface area contributed by atoms with Crippen LogP contribution in [-0.2, 0) is 14.8 Å². The van der Waals surface area contributed by atoms with Gasteiger partial charge in [0.1, 0.15) is 5.52 Å². The molecule has 0 amide bonds. The van der Waals surface area contributed by atoms with Crippen molar-refractivity contribution in [1.82, 2.24) is 14.5 Å². The number of rotatable bonds is 4. The molecule has 126 valence electrons. The minimum atomic E-state index is -3.57. The number of morpholine rings is 1. The third kappa shape index (κ3) is 3.46. The van der Waals surface area contributed by atoms with Gasteiger partial charge < -0.3 is 14.2 Å². The van der Waals surface area contributed by atoms with E-state index in [1.807, 2.05) is 17.3 Å². The second-order valence-electron chi connectivity index (χ2n) is 6.02. The van der Waals surface area contributed by atoms with Crippen LogP contribution in [0.5, 0.6) is 0 Å². The first kappa shape index (κ1) is 16.2. The van der Waals surface area contributed by atoms with Crippen LogP contribution in [0.2, 0.25) is 0 Å². The van der Waals surface area contributed by atoms with E-state index in [1.165, 1.54) is 0 Å². The highest BCUT2D eigenvalue weighted by atomic mass is 32.2. The summed E-state index contributed by atoms with van der Waals surface area (Å²) < 4.78 is 30.2. The SMILES string of the molecule is CC(C)n1cnc2c(N3CCO[C@@H](CS(N)(=O)=O)C3)nccc21. The number of primary sulfonamides is 1. The third-order valence-corrected chi connectivity index (χ3v) is 4.72. The summed E-state index contributed by atoms with van der Waals surface area (Å²) in [6, 6.07) is 2.24. The fourth-order valence-electron chi connectivity index (χ4n) is 2.86. The van der Waals surface area contributed by atoms with Gasteiger partial charge >= 0.3 is 0 Å². The van der Waals surface area contributed by atoms with E-state index in [1.54, 1.807) is 6.20 Å². The molecule has 0 aromatic carbocycles. The first-order valence-corrected chi connectivity index (χ1v) is 9.25. The molecule has 0 aliphatic carbocycles. The second-order valence-corrected chi connectivity index (χ2v) is 7.68. The summed E-state index contributed by atoms with van der Waals surface area (Å²) in [5.41, 5.74) is 1.83. The summed E-state index contributed by atoms with van der Waals surface area (Å²) in [4.78, 5) is 11.0. The lowest BCUT2D eigenvalue weighted by molar-refractivity contribution is 0.0550. The lowest BCUT2D eigenvalue weighted by atomic mass is 10.2. The van der Waals surface area contributed by atoms with Gasteiger partial charge in [-0.1, -0.05) is 0 Å². The van der Waals surface area contributed by atoms with Crippen LogP contribution < -0.4 is 10.0 Å². The van der Waals surface area contributed by atoms with Crippen molar-refractivity contribution in [2.45, 2.75) is 26.0 Å². The van der Waals surface area contributed by atoms with E-state index in [4.69, 9.17) is 9.88 Å². The van der Waals surface area contributed by atoms with E-state index < -0.39 is 16.1 Å². The molecule has 1 saturated heterocycles. The number of nitrogens with zero attached hydrogens (tertiary/aromatic N) is 4. The van der Waals surface area contributed by atoms with E-state index in [0.717, 1.165) is 16.9 Å². The van der Waals surface area contributed by atoms with Gasteiger partial charge in [-0.25, -0.2) is 23.5 Å². The first-order valence-electron chi connectivity index (χ1n) is 7.53. The predicted octanol–water partition coefficient (Wildman–Crippen LogP) is 0.506. The van der Waals surface area contributed by atoms with Gasteiger partial charge in [0.15, 0.2) is 5.82 Å². The number of imidazole rings is 1. The molecule has 1 aliphatic heterocycles. The van der Waals surface area contributed by atoms with Crippen LogP contribution in [0.15, 0.2) is 18.6 Å². The topological polar surface area (TPSA) is 103 Å². The average Bonchev–Trinajstić information content (AvgIpc) is 2.89. The zero-order valence-corrected chi connectivity index (χ0v) is 14.0. The maximum atomic E-state index is 11.3. The molecule has 0 saturated carbocycles. The van der Waals surface area contributed by atoms with E-state index >= 15 is 0 Å². The highest BCUT2D eigenvalue weighted by molar-refractivity contribution is 7.89. The molecule has 3 rings (SSSR count). The zero-order valence-electron chi connectivity index (χ0n) is 13.2. The van der Waals surface area contributed by atoms with Crippen LogP contribution in [0.3, 0.4) is 0 Å².